The smallest absolute Gasteiger partial charge is 0.338 e. The summed E-state index contributed by atoms with van der Waals surface area (Å²) in [5.41, 5.74) is 2.87. The van der Waals surface area contributed by atoms with Gasteiger partial charge in [-0.1, -0.05) is 29.8 Å². The molecule has 1 fully saturated rings. The van der Waals surface area contributed by atoms with E-state index in [1.165, 1.54) is 0 Å². The van der Waals surface area contributed by atoms with Gasteiger partial charge in [0.25, 0.3) is 0 Å². The highest BCUT2D eigenvalue weighted by molar-refractivity contribution is 6.30. The predicted molar refractivity (Wildman–Crippen MR) is 136 cm³/mol. The normalized spacial score (nSPS) is 18.7. The van der Waals surface area contributed by atoms with Gasteiger partial charge >= 0.3 is 12.0 Å². The zero-order chi connectivity index (χ0) is 24.8. The van der Waals surface area contributed by atoms with Gasteiger partial charge in [-0.25, -0.2) is 9.59 Å². The highest BCUT2D eigenvalue weighted by atomic mass is 35.5. The first-order valence-corrected chi connectivity index (χ1v) is 12.3. The lowest BCUT2D eigenvalue weighted by molar-refractivity contribution is -0.139. The van der Waals surface area contributed by atoms with Crippen LogP contribution in [0.25, 0.3) is 0 Å². The van der Waals surface area contributed by atoms with Crippen LogP contribution in [0.1, 0.15) is 25.5 Å². The zero-order valence-electron chi connectivity index (χ0n) is 20.1. The number of carbonyl (C=O) groups is 2. The fourth-order valence-electron chi connectivity index (χ4n) is 4.43. The third kappa shape index (κ3) is 6.07. The monoisotopic (exact) mass is 498 g/mol. The van der Waals surface area contributed by atoms with Crippen LogP contribution in [0.2, 0.25) is 5.02 Å². The summed E-state index contributed by atoms with van der Waals surface area (Å²) < 4.78 is 10.9. The Morgan fingerprint density at radius 1 is 1.06 bits per heavy atom. The number of anilines is 1. The van der Waals surface area contributed by atoms with Crippen molar-refractivity contribution in [1.82, 2.24) is 15.5 Å². The van der Waals surface area contributed by atoms with E-state index in [2.05, 4.69) is 26.5 Å². The summed E-state index contributed by atoms with van der Waals surface area (Å²) in [5.74, 6) is 0.294. The van der Waals surface area contributed by atoms with Crippen LogP contribution in [0.3, 0.4) is 0 Å². The summed E-state index contributed by atoms with van der Waals surface area (Å²) in [4.78, 5) is 30.2. The molecule has 0 saturated carbocycles. The Balaban J connectivity index is 1.54. The minimum atomic E-state index is -0.610. The van der Waals surface area contributed by atoms with Gasteiger partial charge in [0.15, 0.2) is 0 Å². The maximum atomic E-state index is 13.0. The minimum Gasteiger partial charge on any atom is -0.494 e. The molecule has 2 heterocycles. The van der Waals surface area contributed by atoms with E-state index in [4.69, 9.17) is 21.1 Å². The Hall–Kier alpha value is -3.23. The number of ether oxygens (including phenoxy) is 2. The van der Waals surface area contributed by atoms with E-state index in [-0.39, 0.29) is 12.6 Å². The third-order valence-corrected chi connectivity index (χ3v) is 6.34. The van der Waals surface area contributed by atoms with E-state index in [1.807, 2.05) is 49.4 Å². The molecular formula is C26H31ClN4O4. The summed E-state index contributed by atoms with van der Waals surface area (Å²) in [6.07, 6.45) is 0. The van der Waals surface area contributed by atoms with Crippen LogP contribution in [0, 0.1) is 0 Å². The van der Waals surface area contributed by atoms with E-state index in [9.17, 15) is 9.59 Å². The first-order chi connectivity index (χ1) is 17.0. The Morgan fingerprint density at radius 3 is 2.46 bits per heavy atom. The Labute approximate surface area is 210 Å². The van der Waals surface area contributed by atoms with E-state index in [0.717, 1.165) is 43.2 Å². The lowest BCUT2D eigenvalue weighted by atomic mass is 9.94. The molecule has 0 aromatic heterocycles. The number of piperazine rings is 1. The number of urea groups is 1. The first kappa shape index (κ1) is 24.9. The molecule has 0 spiro atoms. The molecule has 2 N–H and O–H groups in total. The van der Waals surface area contributed by atoms with Gasteiger partial charge < -0.3 is 25.0 Å². The minimum absolute atomic E-state index is 0.248. The molecule has 2 aliphatic rings. The number of esters is 1. The molecule has 2 aromatic rings. The number of halogens is 1. The predicted octanol–water partition coefficient (Wildman–Crippen LogP) is 3.73. The van der Waals surface area contributed by atoms with Gasteiger partial charge in [0.05, 0.1) is 24.8 Å². The first-order valence-electron chi connectivity index (χ1n) is 11.9. The van der Waals surface area contributed by atoms with Crippen LogP contribution in [0.15, 0.2) is 59.8 Å². The van der Waals surface area contributed by atoms with Crippen molar-refractivity contribution in [1.29, 1.82) is 0 Å². The number of rotatable bonds is 8. The second-order valence-electron chi connectivity index (χ2n) is 8.39. The molecule has 1 saturated heterocycles. The summed E-state index contributed by atoms with van der Waals surface area (Å²) in [5, 5.41) is 6.47. The molecule has 8 nitrogen and oxygen atoms in total. The van der Waals surface area contributed by atoms with Gasteiger partial charge in [-0.05, 0) is 49.7 Å². The zero-order valence-corrected chi connectivity index (χ0v) is 20.8. The summed E-state index contributed by atoms with van der Waals surface area (Å²) >= 11 is 6.16. The molecule has 35 heavy (non-hydrogen) atoms. The van der Waals surface area contributed by atoms with Gasteiger partial charge in [0.2, 0.25) is 0 Å². The van der Waals surface area contributed by atoms with Crippen LogP contribution in [0.5, 0.6) is 5.75 Å². The van der Waals surface area contributed by atoms with E-state index in [1.54, 1.807) is 6.92 Å². The van der Waals surface area contributed by atoms with Crippen molar-refractivity contribution in [2.75, 3.05) is 50.8 Å². The SMILES string of the molecule is CCOC(=O)C1=C(CN2CCN(c3cccc(Cl)c3)CC2)NC(=O)N[C@H]1c1ccc(OCC)cc1. The average molecular weight is 499 g/mol. The van der Waals surface area contributed by atoms with E-state index < -0.39 is 12.0 Å². The number of benzene rings is 2. The van der Waals surface area contributed by atoms with Gasteiger partial charge in [-0.3, -0.25) is 4.90 Å². The molecule has 0 unspecified atom stereocenters. The largest absolute Gasteiger partial charge is 0.494 e. The fourth-order valence-corrected chi connectivity index (χ4v) is 4.61. The average Bonchev–Trinajstić information content (AvgIpc) is 2.85. The van der Waals surface area contributed by atoms with Crippen molar-refractivity contribution in [3.05, 3.63) is 70.4 Å². The highest BCUT2D eigenvalue weighted by Crippen LogP contribution is 2.30. The number of carbonyl (C=O) groups excluding carboxylic acids is 2. The third-order valence-electron chi connectivity index (χ3n) is 6.10. The molecule has 0 bridgehead atoms. The molecule has 186 valence electrons. The van der Waals surface area contributed by atoms with E-state index >= 15 is 0 Å². The van der Waals surface area contributed by atoms with Gasteiger partial charge in [0, 0.05) is 49.1 Å². The molecule has 0 aliphatic carbocycles. The van der Waals surface area contributed by atoms with Crippen LogP contribution >= 0.6 is 11.6 Å². The van der Waals surface area contributed by atoms with Gasteiger partial charge in [0.1, 0.15) is 5.75 Å². The van der Waals surface area contributed by atoms with Gasteiger partial charge in [-0.15, -0.1) is 0 Å². The highest BCUT2D eigenvalue weighted by Gasteiger charge is 2.34. The molecule has 9 heteroatoms. The Kier molecular flexibility index (Phi) is 8.15. The van der Waals surface area contributed by atoms with Crippen LogP contribution in [-0.2, 0) is 9.53 Å². The van der Waals surface area contributed by atoms with Crippen LogP contribution < -0.4 is 20.3 Å². The maximum Gasteiger partial charge on any atom is 0.338 e. The summed E-state index contributed by atoms with van der Waals surface area (Å²) in [6.45, 7) is 8.14. The maximum absolute atomic E-state index is 13.0. The molecular weight excluding hydrogens is 468 g/mol. The number of nitrogens with zero attached hydrogens (tertiary/aromatic N) is 2. The molecule has 0 radical (unpaired) electrons. The standard InChI is InChI=1S/C26H31ClN4O4/c1-3-34-21-10-8-18(9-11-21)24-23(25(32)35-4-2)22(28-26(33)29-24)17-30-12-14-31(15-13-30)20-7-5-6-19(27)16-20/h5-11,16,24H,3-4,12-15,17H2,1-2H3,(H2,28,29,33)/t24-/m0/s1. The Morgan fingerprint density at radius 2 is 1.80 bits per heavy atom. The van der Waals surface area contributed by atoms with Crippen molar-refractivity contribution < 1.29 is 19.1 Å². The van der Waals surface area contributed by atoms with Crippen molar-refractivity contribution in [3.8, 4) is 5.75 Å². The topological polar surface area (TPSA) is 83.1 Å². The quantitative estimate of drug-likeness (QED) is 0.540. The van der Waals surface area contributed by atoms with Crippen LogP contribution in [-0.4, -0.2) is 62.8 Å². The number of amides is 2. The van der Waals surface area contributed by atoms with E-state index in [0.29, 0.717) is 29.4 Å². The molecule has 1 atom stereocenters. The molecule has 2 amide bonds. The van der Waals surface area contributed by atoms with Crippen molar-refractivity contribution >= 4 is 29.3 Å². The number of hydrogen-bond donors (Lipinski definition) is 2. The lowest BCUT2D eigenvalue weighted by Crippen LogP contribution is -2.51. The second kappa shape index (κ2) is 11.5. The molecule has 2 aliphatic heterocycles. The molecule has 4 rings (SSSR count). The second-order valence-corrected chi connectivity index (χ2v) is 8.83. The van der Waals surface area contributed by atoms with Gasteiger partial charge in [-0.2, -0.15) is 0 Å². The molecule has 2 aromatic carbocycles. The summed E-state index contributed by atoms with van der Waals surface area (Å²) in [6, 6.07) is 14.3. The fraction of sp³-hybridized carbons (Fsp3) is 0.385. The lowest BCUT2D eigenvalue weighted by Gasteiger charge is -2.38. The summed E-state index contributed by atoms with van der Waals surface area (Å²) in [7, 11) is 0. The Bertz CT molecular complexity index is 1080. The van der Waals surface area contributed by atoms with Crippen LogP contribution in [0.4, 0.5) is 10.5 Å². The number of nitrogens with one attached hydrogen (secondary N) is 2. The number of hydrogen-bond acceptors (Lipinski definition) is 6. The van der Waals surface area contributed by atoms with Crippen molar-refractivity contribution in [2.45, 2.75) is 19.9 Å². The van der Waals surface area contributed by atoms with Crippen molar-refractivity contribution in [3.63, 3.8) is 0 Å². The van der Waals surface area contributed by atoms with Crippen molar-refractivity contribution in [2.24, 2.45) is 0 Å².